The highest BCUT2D eigenvalue weighted by atomic mass is 19.1. The average molecular weight is 276 g/mol. The van der Waals surface area contributed by atoms with Crippen LogP contribution in [0.4, 0.5) is 20.2 Å². The molecule has 0 aliphatic heterocycles. The fourth-order valence-electron chi connectivity index (χ4n) is 1.92. The predicted octanol–water partition coefficient (Wildman–Crippen LogP) is 3.42. The Balaban J connectivity index is 2.33. The SMILES string of the molecule is Cc1cc(F)ccc1NC(=O)c1cc(N)cc(C)c1F. The first-order valence-electron chi connectivity index (χ1n) is 6.01. The minimum absolute atomic E-state index is 0.133. The van der Waals surface area contributed by atoms with Gasteiger partial charge in [0.15, 0.2) is 0 Å². The second-order valence-electron chi connectivity index (χ2n) is 4.61. The Hall–Kier alpha value is -2.43. The molecule has 0 saturated heterocycles. The summed E-state index contributed by atoms with van der Waals surface area (Å²) in [6, 6.07) is 6.67. The third-order valence-corrected chi connectivity index (χ3v) is 2.96. The molecule has 0 saturated carbocycles. The van der Waals surface area contributed by atoms with Crippen molar-refractivity contribution in [3.63, 3.8) is 0 Å². The summed E-state index contributed by atoms with van der Waals surface area (Å²) >= 11 is 0. The molecule has 20 heavy (non-hydrogen) atoms. The number of carbonyl (C=O) groups is 1. The molecule has 3 nitrogen and oxygen atoms in total. The van der Waals surface area contributed by atoms with Crippen molar-refractivity contribution in [3.8, 4) is 0 Å². The Bertz CT molecular complexity index is 684. The van der Waals surface area contributed by atoms with E-state index in [4.69, 9.17) is 5.73 Å². The highest BCUT2D eigenvalue weighted by molar-refractivity contribution is 6.05. The summed E-state index contributed by atoms with van der Waals surface area (Å²) in [5.41, 5.74) is 7.07. The highest BCUT2D eigenvalue weighted by Gasteiger charge is 2.15. The molecule has 0 radical (unpaired) electrons. The van der Waals surface area contributed by atoms with Crippen LogP contribution in [0.2, 0.25) is 0 Å². The standard InChI is InChI=1S/C15H14F2N2O/c1-8-5-10(16)3-4-13(8)19-15(20)12-7-11(18)6-9(2)14(12)17/h3-7H,18H2,1-2H3,(H,19,20). The number of halogens is 2. The predicted molar refractivity (Wildman–Crippen MR) is 74.6 cm³/mol. The lowest BCUT2D eigenvalue weighted by Gasteiger charge is -2.10. The van der Waals surface area contributed by atoms with Crippen molar-refractivity contribution in [2.75, 3.05) is 11.1 Å². The summed E-state index contributed by atoms with van der Waals surface area (Å²) in [4.78, 5) is 12.1. The Kier molecular flexibility index (Phi) is 3.70. The molecule has 0 aliphatic rings. The topological polar surface area (TPSA) is 55.1 Å². The number of amides is 1. The molecule has 5 heteroatoms. The average Bonchev–Trinajstić information content (AvgIpc) is 2.37. The fraction of sp³-hybridized carbons (Fsp3) is 0.133. The van der Waals surface area contributed by atoms with Gasteiger partial charge in [-0.15, -0.1) is 0 Å². The van der Waals surface area contributed by atoms with Crippen LogP contribution in [-0.2, 0) is 0 Å². The van der Waals surface area contributed by atoms with E-state index in [1.54, 1.807) is 6.92 Å². The number of hydrogen-bond donors (Lipinski definition) is 2. The highest BCUT2D eigenvalue weighted by Crippen LogP contribution is 2.20. The summed E-state index contributed by atoms with van der Waals surface area (Å²) in [6.07, 6.45) is 0. The monoisotopic (exact) mass is 276 g/mol. The van der Waals surface area contributed by atoms with Crippen LogP contribution in [0, 0.1) is 25.5 Å². The number of anilines is 2. The Morgan fingerprint density at radius 3 is 2.45 bits per heavy atom. The van der Waals surface area contributed by atoms with E-state index in [0.717, 1.165) is 0 Å². The van der Waals surface area contributed by atoms with Crippen molar-refractivity contribution in [3.05, 3.63) is 58.7 Å². The number of aryl methyl sites for hydroxylation is 2. The molecular formula is C15H14F2N2O. The van der Waals surface area contributed by atoms with Crippen LogP contribution >= 0.6 is 0 Å². The number of hydrogen-bond acceptors (Lipinski definition) is 2. The van der Waals surface area contributed by atoms with Crippen LogP contribution < -0.4 is 11.1 Å². The van der Waals surface area contributed by atoms with Crippen LogP contribution in [0.3, 0.4) is 0 Å². The first kappa shape index (κ1) is 14.0. The summed E-state index contributed by atoms with van der Waals surface area (Å²) in [7, 11) is 0. The molecule has 2 rings (SSSR count). The summed E-state index contributed by atoms with van der Waals surface area (Å²) < 4.78 is 26.9. The van der Waals surface area contributed by atoms with E-state index in [1.807, 2.05) is 0 Å². The maximum absolute atomic E-state index is 13.9. The van der Waals surface area contributed by atoms with E-state index in [0.29, 0.717) is 22.5 Å². The van der Waals surface area contributed by atoms with Crippen molar-refractivity contribution in [1.29, 1.82) is 0 Å². The van der Waals surface area contributed by atoms with Crippen molar-refractivity contribution in [1.82, 2.24) is 0 Å². The zero-order valence-electron chi connectivity index (χ0n) is 11.1. The lowest BCUT2D eigenvalue weighted by atomic mass is 10.1. The van der Waals surface area contributed by atoms with Gasteiger partial charge >= 0.3 is 0 Å². The Morgan fingerprint density at radius 2 is 1.80 bits per heavy atom. The number of nitrogens with two attached hydrogens (primary N) is 1. The largest absolute Gasteiger partial charge is 0.399 e. The molecular weight excluding hydrogens is 262 g/mol. The first-order valence-corrected chi connectivity index (χ1v) is 6.01. The minimum atomic E-state index is -0.618. The van der Waals surface area contributed by atoms with Crippen LogP contribution in [0.5, 0.6) is 0 Å². The van der Waals surface area contributed by atoms with E-state index in [9.17, 15) is 13.6 Å². The Morgan fingerprint density at radius 1 is 1.10 bits per heavy atom. The summed E-state index contributed by atoms with van der Waals surface area (Å²) in [5, 5.41) is 2.55. The van der Waals surface area contributed by atoms with Gasteiger partial charge in [0.25, 0.3) is 5.91 Å². The summed E-state index contributed by atoms with van der Waals surface area (Å²) in [6.45, 7) is 3.19. The van der Waals surface area contributed by atoms with Gasteiger partial charge in [0.2, 0.25) is 0 Å². The summed E-state index contributed by atoms with van der Waals surface area (Å²) in [5.74, 6) is -1.63. The van der Waals surface area contributed by atoms with Gasteiger partial charge in [-0.2, -0.15) is 0 Å². The number of nitrogens with one attached hydrogen (secondary N) is 1. The molecule has 0 heterocycles. The number of carbonyl (C=O) groups excluding carboxylic acids is 1. The van der Waals surface area contributed by atoms with Crippen LogP contribution in [0.25, 0.3) is 0 Å². The molecule has 0 aromatic heterocycles. The van der Waals surface area contributed by atoms with Crippen molar-refractivity contribution < 1.29 is 13.6 Å². The molecule has 3 N–H and O–H groups in total. The van der Waals surface area contributed by atoms with E-state index in [-0.39, 0.29) is 5.56 Å². The Labute approximate surface area is 115 Å². The van der Waals surface area contributed by atoms with Gasteiger partial charge in [0, 0.05) is 11.4 Å². The molecule has 1 amide bonds. The van der Waals surface area contributed by atoms with Crippen molar-refractivity contribution in [2.24, 2.45) is 0 Å². The third kappa shape index (κ3) is 2.77. The first-order chi connectivity index (χ1) is 9.38. The van der Waals surface area contributed by atoms with E-state index < -0.39 is 17.5 Å². The molecule has 0 atom stereocenters. The van der Waals surface area contributed by atoms with Gasteiger partial charge in [-0.1, -0.05) is 0 Å². The maximum Gasteiger partial charge on any atom is 0.258 e. The fourth-order valence-corrected chi connectivity index (χ4v) is 1.92. The smallest absolute Gasteiger partial charge is 0.258 e. The third-order valence-electron chi connectivity index (χ3n) is 2.96. The normalized spacial score (nSPS) is 10.4. The van der Waals surface area contributed by atoms with Gasteiger partial charge in [-0.05, 0) is 55.3 Å². The molecule has 0 unspecified atom stereocenters. The molecule has 0 fully saturated rings. The molecule has 2 aromatic carbocycles. The van der Waals surface area contributed by atoms with Gasteiger partial charge in [-0.25, -0.2) is 8.78 Å². The van der Waals surface area contributed by atoms with Crippen molar-refractivity contribution in [2.45, 2.75) is 13.8 Å². The van der Waals surface area contributed by atoms with E-state index in [1.165, 1.54) is 37.3 Å². The molecule has 0 spiro atoms. The maximum atomic E-state index is 13.9. The number of benzene rings is 2. The molecule has 2 aromatic rings. The van der Waals surface area contributed by atoms with Crippen molar-refractivity contribution >= 4 is 17.3 Å². The molecule has 104 valence electrons. The van der Waals surface area contributed by atoms with E-state index >= 15 is 0 Å². The lowest BCUT2D eigenvalue weighted by molar-refractivity contribution is 0.102. The molecule has 0 aliphatic carbocycles. The van der Waals surface area contributed by atoms with Gasteiger partial charge in [0.1, 0.15) is 11.6 Å². The second kappa shape index (κ2) is 5.28. The number of rotatable bonds is 2. The zero-order chi connectivity index (χ0) is 14.9. The van der Waals surface area contributed by atoms with Crippen LogP contribution in [-0.4, -0.2) is 5.91 Å². The van der Waals surface area contributed by atoms with Crippen LogP contribution in [0.15, 0.2) is 30.3 Å². The zero-order valence-corrected chi connectivity index (χ0v) is 11.1. The van der Waals surface area contributed by atoms with Gasteiger partial charge in [0.05, 0.1) is 5.56 Å². The van der Waals surface area contributed by atoms with Crippen LogP contribution in [0.1, 0.15) is 21.5 Å². The lowest BCUT2D eigenvalue weighted by Crippen LogP contribution is -2.15. The second-order valence-corrected chi connectivity index (χ2v) is 4.61. The minimum Gasteiger partial charge on any atom is -0.399 e. The number of nitrogen functional groups attached to an aromatic ring is 1. The quantitative estimate of drug-likeness (QED) is 0.826. The van der Waals surface area contributed by atoms with Gasteiger partial charge < -0.3 is 11.1 Å². The molecule has 0 bridgehead atoms. The van der Waals surface area contributed by atoms with E-state index in [2.05, 4.69) is 5.32 Å². The van der Waals surface area contributed by atoms with Gasteiger partial charge in [-0.3, -0.25) is 4.79 Å².